The molecule has 5 heteroatoms. The van der Waals surface area contributed by atoms with E-state index in [0.29, 0.717) is 16.8 Å². The molecule has 0 fully saturated rings. The molecule has 2 amide bonds. The first-order valence-corrected chi connectivity index (χ1v) is 6.71. The second kappa shape index (κ2) is 8.46. The average molecular weight is 300 g/mol. The quantitative estimate of drug-likeness (QED) is 0.893. The summed E-state index contributed by atoms with van der Waals surface area (Å²) in [6.07, 6.45) is -0.584. The van der Waals surface area contributed by atoms with Crippen LogP contribution in [0, 0.1) is 13.8 Å². The summed E-state index contributed by atoms with van der Waals surface area (Å²) in [5.74, 6) is -0.527. The second-order valence-electron chi connectivity index (χ2n) is 4.61. The number of primary amides is 1. The van der Waals surface area contributed by atoms with Gasteiger partial charge in [-0.3, -0.25) is 10.1 Å². The zero-order valence-electron chi connectivity index (χ0n) is 12.9. The van der Waals surface area contributed by atoms with Gasteiger partial charge in [-0.2, -0.15) is 0 Å². The zero-order valence-corrected chi connectivity index (χ0v) is 12.9. The van der Waals surface area contributed by atoms with Crippen molar-refractivity contribution in [3.8, 4) is 0 Å². The number of anilines is 1. The molecule has 0 bridgehead atoms. The highest BCUT2D eigenvalue weighted by atomic mass is 16.5. The van der Waals surface area contributed by atoms with E-state index in [1.807, 2.05) is 18.2 Å². The first-order chi connectivity index (χ1) is 10.5. The van der Waals surface area contributed by atoms with Crippen LogP contribution < -0.4 is 11.1 Å². The van der Waals surface area contributed by atoms with Gasteiger partial charge in [-0.1, -0.05) is 42.0 Å². The number of nitrogens with two attached hydrogens (primary N) is 1. The molecule has 2 aromatic rings. The molecule has 0 atom stereocenters. The van der Waals surface area contributed by atoms with Gasteiger partial charge in [0.05, 0.1) is 7.11 Å². The Morgan fingerprint density at radius 1 is 1.00 bits per heavy atom. The maximum absolute atomic E-state index is 11.0. The van der Waals surface area contributed by atoms with Crippen LogP contribution in [0.25, 0.3) is 0 Å². The maximum atomic E-state index is 11.0. The first kappa shape index (κ1) is 17.2. The molecule has 5 nitrogen and oxygen atoms in total. The van der Waals surface area contributed by atoms with Gasteiger partial charge in [-0.25, -0.2) is 4.79 Å². The summed E-state index contributed by atoms with van der Waals surface area (Å²) in [6, 6.07) is 15.2. The molecule has 0 unspecified atom stereocenters. The molecule has 2 aromatic carbocycles. The van der Waals surface area contributed by atoms with E-state index < -0.39 is 12.0 Å². The van der Waals surface area contributed by atoms with E-state index in [9.17, 15) is 9.59 Å². The fourth-order valence-corrected chi connectivity index (χ4v) is 1.73. The van der Waals surface area contributed by atoms with E-state index in [0.717, 1.165) is 0 Å². The summed E-state index contributed by atoms with van der Waals surface area (Å²) in [5.41, 5.74) is 8.00. The molecule has 0 aliphatic heterocycles. The summed E-state index contributed by atoms with van der Waals surface area (Å²) in [5, 5.41) is 2.49. The van der Waals surface area contributed by atoms with Crippen LogP contribution in [0.5, 0.6) is 0 Å². The van der Waals surface area contributed by atoms with E-state index in [-0.39, 0.29) is 0 Å². The molecule has 2 rings (SSSR count). The maximum Gasteiger partial charge on any atom is 0.411 e. The van der Waals surface area contributed by atoms with Crippen molar-refractivity contribution in [1.82, 2.24) is 0 Å². The summed E-state index contributed by atoms with van der Waals surface area (Å²) >= 11 is 0. The number of carbonyl (C=O) groups is 2. The second-order valence-corrected chi connectivity index (χ2v) is 4.61. The minimum absolute atomic E-state index is 0.379. The molecule has 116 valence electrons. The number of carbonyl (C=O) groups excluding carboxylic acids is 2. The van der Waals surface area contributed by atoms with Gasteiger partial charge in [0.2, 0.25) is 5.91 Å². The SMILES string of the molecule is COC(=O)Nc1cccc(C(N)=O)c1C.Cc1ccccc1. The van der Waals surface area contributed by atoms with Crippen LogP contribution in [0.4, 0.5) is 10.5 Å². The molecule has 0 aliphatic carbocycles. The number of hydrogen-bond donors (Lipinski definition) is 2. The molecule has 0 spiro atoms. The number of ether oxygens (including phenoxy) is 1. The average Bonchev–Trinajstić information content (AvgIpc) is 2.50. The third kappa shape index (κ3) is 5.28. The predicted molar refractivity (Wildman–Crippen MR) is 86.9 cm³/mol. The van der Waals surface area contributed by atoms with Gasteiger partial charge < -0.3 is 10.5 Å². The highest BCUT2D eigenvalue weighted by Gasteiger charge is 2.10. The number of amides is 2. The monoisotopic (exact) mass is 300 g/mol. The van der Waals surface area contributed by atoms with Crippen LogP contribution in [0.3, 0.4) is 0 Å². The van der Waals surface area contributed by atoms with Crippen molar-refractivity contribution in [1.29, 1.82) is 0 Å². The van der Waals surface area contributed by atoms with Crippen molar-refractivity contribution >= 4 is 17.7 Å². The van der Waals surface area contributed by atoms with Crippen molar-refractivity contribution in [2.24, 2.45) is 5.73 Å². The first-order valence-electron chi connectivity index (χ1n) is 6.71. The number of nitrogens with one attached hydrogen (secondary N) is 1. The lowest BCUT2D eigenvalue weighted by Crippen LogP contribution is -2.16. The summed E-state index contributed by atoms with van der Waals surface area (Å²) in [4.78, 5) is 22.0. The topological polar surface area (TPSA) is 81.4 Å². The standard InChI is InChI=1S/C10H12N2O3.C7H8/c1-6-7(9(11)13)4-3-5-8(6)12-10(14)15-2;1-7-5-3-2-4-6-7/h3-5H,1-2H3,(H2,11,13)(H,12,14);2-6H,1H3. The van der Waals surface area contributed by atoms with Crippen LogP contribution in [0.2, 0.25) is 0 Å². The summed E-state index contributed by atoms with van der Waals surface area (Å²) < 4.78 is 4.44. The molecule has 22 heavy (non-hydrogen) atoms. The van der Waals surface area contributed by atoms with E-state index in [1.54, 1.807) is 25.1 Å². The molecular weight excluding hydrogens is 280 g/mol. The molecular formula is C17H20N2O3. The lowest BCUT2D eigenvalue weighted by molar-refractivity contribution is 0.0999. The third-order valence-electron chi connectivity index (χ3n) is 2.96. The Hall–Kier alpha value is -2.82. The zero-order chi connectivity index (χ0) is 16.5. The number of hydrogen-bond acceptors (Lipinski definition) is 3. The lowest BCUT2D eigenvalue weighted by atomic mass is 10.1. The Morgan fingerprint density at radius 2 is 1.64 bits per heavy atom. The highest BCUT2D eigenvalue weighted by Crippen LogP contribution is 2.18. The molecule has 0 aliphatic rings. The Balaban J connectivity index is 0.000000287. The molecule has 0 saturated heterocycles. The van der Waals surface area contributed by atoms with Crippen LogP contribution in [0.1, 0.15) is 21.5 Å². The van der Waals surface area contributed by atoms with Gasteiger partial charge in [0.25, 0.3) is 0 Å². The molecule has 3 N–H and O–H groups in total. The largest absolute Gasteiger partial charge is 0.453 e. The van der Waals surface area contributed by atoms with Gasteiger partial charge in [0.1, 0.15) is 0 Å². The van der Waals surface area contributed by atoms with Gasteiger partial charge in [-0.05, 0) is 31.5 Å². The van der Waals surface area contributed by atoms with E-state index in [4.69, 9.17) is 5.73 Å². The number of aryl methyl sites for hydroxylation is 1. The van der Waals surface area contributed by atoms with Gasteiger partial charge in [0, 0.05) is 11.3 Å². The van der Waals surface area contributed by atoms with Crippen molar-refractivity contribution < 1.29 is 14.3 Å². The van der Waals surface area contributed by atoms with E-state index >= 15 is 0 Å². The van der Waals surface area contributed by atoms with Crippen LogP contribution in [-0.4, -0.2) is 19.1 Å². The fraction of sp³-hybridized carbons (Fsp3) is 0.176. The number of methoxy groups -OCH3 is 1. The fourth-order valence-electron chi connectivity index (χ4n) is 1.73. The Kier molecular flexibility index (Phi) is 6.63. The normalized spacial score (nSPS) is 9.23. The van der Waals surface area contributed by atoms with Crippen molar-refractivity contribution in [3.05, 3.63) is 65.2 Å². The Bertz CT molecular complexity index is 640. The van der Waals surface area contributed by atoms with E-state index in [2.05, 4.69) is 29.1 Å². The molecule has 0 aromatic heterocycles. The van der Waals surface area contributed by atoms with Gasteiger partial charge >= 0.3 is 6.09 Å². The number of benzene rings is 2. The predicted octanol–water partition coefficient (Wildman–Crippen LogP) is 3.27. The summed E-state index contributed by atoms with van der Waals surface area (Å²) in [7, 11) is 1.27. The molecule has 0 heterocycles. The molecule has 0 saturated carbocycles. The molecule has 0 radical (unpaired) electrons. The Labute approximate surface area is 130 Å². The Morgan fingerprint density at radius 3 is 2.09 bits per heavy atom. The number of rotatable bonds is 2. The van der Waals surface area contributed by atoms with Crippen molar-refractivity contribution in [2.75, 3.05) is 12.4 Å². The minimum Gasteiger partial charge on any atom is -0.453 e. The van der Waals surface area contributed by atoms with Crippen LogP contribution in [-0.2, 0) is 4.74 Å². The van der Waals surface area contributed by atoms with E-state index in [1.165, 1.54) is 12.7 Å². The highest BCUT2D eigenvalue weighted by molar-refractivity contribution is 5.97. The van der Waals surface area contributed by atoms with Gasteiger partial charge in [-0.15, -0.1) is 0 Å². The minimum atomic E-state index is -0.584. The lowest BCUT2D eigenvalue weighted by Gasteiger charge is -2.09. The third-order valence-corrected chi connectivity index (χ3v) is 2.96. The van der Waals surface area contributed by atoms with Crippen LogP contribution in [0.15, 0.2) is 48.5 Å². The van der Waals surface area contributed by atoms with Crippen molar-refractivity contribution in [3.63, 3.8) is 0 Å². The van der Waals surface area contributed by atoms with Crippen LogP contribution >= 0.6 is 0 Å². The van der Waals surface area contributed by atoms with Gasteiger partial charge in [0.15, 0.2) is 0 Å². The summed E-state index contributed by atoms with van der Waals surface area (Å²) in [6.45, 7) is 3.78. The van der Waals surface area contributed by atoms with Crippen molar-refractivity contribution in [2.45, 2.75) is 13.8 Å². The smallest absolute Gasteiger partial charge is 0.411 e.